The highest BCUT2D eigenvalue weighted by atomic mass is 32.2. The van der Waals surface area contributed by atoms with Crippen LogP contribution in [0.5, 0.6) is 11.5 Å². The molecular weight excluding hydrogens is 598 g/mol. The van der Waals surface area contributed by atoms with E-state index in [0.717, 1.165) is 62.9 Å². The van der Waals surface area contributed by atoms with E-state index in [0.29, 0.717) is 17.9 Å². The van der Waals surface area contributed by atoms with Crippen molar-refractivity contribution in [3.8, 4) is 22.6 Å². The van der Waals surface area contributed by atoms with Crippen LogP contribution < -0.4 is 14.8 Å². The zero-order valence-corrected chi connectivity index (χ0v) is 26.4. The number of anilines is 1. The van der Waals surface area contributed by atoms with E-state index in [2.05, 4.69) is 32.4 Å². The van der Waals surface area contributed by atoms with Gasteiger partial charge in [0, 0.05) is 47.7 Å². The topological polar surface area (TPSA) is 107 Å². The van der Waals surface area contributed by atoms with Crippen molar-refractivity contribution in [3.05, 3.63) is 115 Å². The smallest absolute Gasteiger partial charge is 0.245 e. The number of nitrogens with one attached hydrogen (secondary N) is 1. The van der Waals surface area contributed by atoms with Gasteiger partial charge in [-0.15, -0.1) is 0 Å². The Morgan fingerprint density at radius 1 is 0.848 bits per heavy atom. The van der Waals surface area contributed by atoms with Crippen molar-refractivity contribution in [1.29, 1.82) is 0 Å². The maximum Gasteiger partial charge on any atom is 0.245 e. The number of fused-ring (bicyclic) bond motifs is 2. The molecule has 2 heterocycles. The van der Waals surface area contributed by atoms with Crippen LogP contribution in [0.3, 0.4) is 0 Å². The Hall–Kier alpha value is -5.06. The van der Waals surface area contributed by atoms with Gasteiger partial charge in [0.2, 0.25) is 10.0 Å². The number of hydrogen-bond donors (Lipinski definition) is 1. The predicted octanol–water partition coefficient (Wildman–Crippen LogP) is 6.83. The van der Waals surface area contributed by atoms with Gasteiger partial charge < -0.3 is 14.8 Å². The molecule has 232 valence electrons. The lowest BCUT2D eigenvalue weighted by Crippen LogP contribution is -2.33. The summed E-state index contributed by atoms with van der Waals surface area (Å²) in [6, 6.07) is 28.9. The highest BCUT2D eigenvalue weighted by Crippen LogP contribution is 2.36. The standard InChI is InChI=1S/C36H33N5O4S/c1-44-30-15-11-28(33(20-30)45-2)21-38-36-31-19-27(12-16-32(31)39-23-40-36)26-8-3-6-24(18-26)22-41(29-13-14-29)46(42,43)34-10-4-7-25-9-5-17-37-35(25)34/h3-12,15-20,23,29H,13-14,21-22H2,1-2H3,(H,38,39,40). The molecule has 9 nitrogen and oxygen atoms in total. The molecule has 7 rings (SSSR count). The van der Waals surface area contributed by atoms with Gasteiger partial charge in [-0.2, -0.15) is 4.31 Å². The van der Waals surface area contributed by atoms with Crippen LogP contribution in [-0.2, 0) is 23.1 Å². The molecule has 2 aromatic heterocycles. The van der Waals surface area contributed by atoms with E-state index in [1.54, 1.807) is 43.2 Å². The quantitative estimate of drug-likeness (QED) is 0.166. The Bertz CT molecular complexity index is 2160. The monoisotopic (exact) mass is 631 g/mol. The molecule has 0 aliphatic heterocycles. The Balaban J connectivity index is 1.17. The summed E-state index contributed by atoms with van der Waals surface area (Å²) >= 11 is 0. The molecule has 0 atom stereocenters. The summed E-state index contributed by atoms with van der Waals surface area (Å²) in [4.78, 5) is 13.7. The summed E-state index contributed by atoms with van der Waals surface area (Å²) in [5.41, 5.74) is 5.15. The summed E-state index contributed by atoms with van der Waals surface area (Å²) < 4.78 is 40.6. The van der Waals surface area contributed by atoms with Crippen LogP contribution in [0.1, 0.15) is 24.0 Å². The second kappa shape index (κ2) is 12.4. The Kier molecular flexibility index (Phi) is 7.98. The first-order chi connectivity index (χ1) is 22.4. The highest BCUT2D eigenvalue weighted by Gasteiger charge is 2.39. The van der Waals surface area contributed by atoms with E-state index in [9.17, 15) is 8.42 Å². The number of methoxy groups -OCH3 is 2. The van der Waals surface area contributed by atoms with Crippen molar-refractivity contribution in [2.75, 3.05) is 19.5 Å². The van der Waals surface area contributed by atoms with Crippen LogP contribution in [0.25, 0.3) is 32.9 Å². The SMILES string of the molecule is COc1ccc(CNc2ncnc3ccc(-c4cccc(CN(C5CC5)S(=O)(=O)c5cccc6cccnc56)c4)cc23)c(OC)c1. The van der Waals surface area contributed by atoms with Crippen molar-refractivity contribution >= 4 is 37.6 Å². The van der Waals surface area contributed by atoms with E-state index in [1.807, 2.05) is 66.7 Å². The van der Waals surface area contributed by atoms with Crippen molar-refractivity contribution in [3.63, 3.8) is 0 Å². The highest BCUT2D eigenvalue weighted by molar-refractivity contribution is 7.89. The first kappa shape index (κ1) is 29.6. The van der Waals surface area contributed by atoms with E-state index in [-0.39, 0.29) is 17.5 Å². The van der Waals surface area contributed by atoms with Gasteiger partial charge in [0.05, 0.1) is 25.3 Å². The van der Waals surface area contributed by atoms with Crippen LogP contribution in [0, 0.1) is 0 Å². The molecule has 6 aromatic rings. The number of nitrogens with zero attached hydrogens (tertiary/aromatic N) is 4. The van der Waals surface area contributed by atoms with Gasteiger partial charge in [0.25, 0.3) is 0 Å². The molecule has 0 amide bonds. The molecule has 0 spiro atoms. The molecule has 1 saturated carbocycles. The zero-order valence-electron chi connectivity index (χ0n) is 25.6. The molecule has 1 fully saturated rings. The Morgan fingerprint density at radius 3 is 2.50 bits per heavy atom. The molecule has 1 N–H and O–H groups in total. The predicted molar refractivity (Wildman–Crippen MR) is 179 cm³/mol. The van der Waals surface area contributed by atoms with Gasteiger partial charge in [-0.3, -0.25) is 4.98 Å². The number of sulfonamides is 1. The number of para-hydroxylation sites is 1. The number of benzene rings is 4. The minimum Gasteiger partial charge on any atom is -0.497 e. The fourth-order valence-corrected chi connectivity index (χ4v) is 7.61. The van der Waals surface area contributed by atoms with Gasteiger partial charge in [-0.1, -0.05) is 42.5 Å². The molecule has 1 aliphatic rings. The summed E-state index contributed by atoms with van der Waals surface area (Å²) in [7, 11) is -0.518. The second-order valence-corrected chi connectivity index (χ2v) is 13.2. The second-order valence-electron chi connectivity index (χ2n) is 11.3. The van der Waals surface area contributed by atoms with Crippen LogP contribution in [0.4, 0.5) is 5.82 Å². The van der Waals surface area contributed by atoms with Crippen molar-refractivity contribution in [2.24, 2.45) is 0 Å². The molecule has 0 bridgehead atoms. The van der Waals surface area contributed by atoms with Gasteiger partial charge in [0.1, 0.15) is 28.5 Å². The fourth-order valence-electron chi connectivity index (χ4n) is 5.77. The van der Waals surface area contributed by atoms with Gasteiger partial charge in [-0.25, -0.2) is 18.4 Å². The largest absolute Gasteiger partial charge is 0.497 e. The molecule has 46 heavy (non-hydrogen) atoms. The summed E-state index contributed by atoms with van der Waals surface area (Å²) in [5.74, 6) is 2.15. The van der Waals surface area contributed by atoms with Crippen LogP contribution >= 0.6 is 0 Å². The fraction of sp³-hybridized carbons (Fsp3) is 0.194. The van der Waals surface area contributed by atoms with Crippen LogP contribution in [0.2, 0.25) is 0 Å². The lowest BCUT2D eigenvalue weighted by molar-refractivity contribution is 0.391. The number of ether oxygens (including phenoxy) is 2. The number of rotatable bonds is 11. The third-order valence-corrected chi connectivity index (χ3v) is 10.2. The van der Waals surface area contributed by atoms with Crippen LogP contribution in [-0.4, -0.2) is 47.9 Å². The third-order valence-electron chi connectivity index (χ3n) is 8.31. The Labute approximate surface area is 267 Å². The molecule has 0 unspecified atom stereocenters. The molecular formula is C36H33N5O4S. The lowest BCUT2D eigenvalue weighted by Gasteiger charge is -2.23. The molecule has 0 saturated heterocycles. The number of aromatic nitrogens is 3. The van der Waals surface area contributed by atoms with Crippen LogP contribution in [0.15, 0.2) is 108 Å². The van der Waals surface area contributed by atoms with E-state index < -0.39 is 10.0 Å². The normalized spacial score (nSPS) is 13.3. The van der Waals surface area contributed by atoms with Gasteiger partial charge in [0.15, 0.2) is 0 Å². The van der Waals surface area contributed by atoms with E-state index >= 15 is 0 Å². The maximum atomic E-state index is 14.1. The molecule has 10 heteroatoms. The van der Waals surface area contributed by atoms with E-state index in [1.165, 1.54) is 0 Å². The molecule has 0 radical (unpaired) electrons. The van der Waals surface area contributed by atoms with Crippen molar-refractivity contribution in [1.82, 2.24) is 19.3 Å². The first-order valence-corrected chi connectivity index (χ1v) is 16.5. The third kappa shape index (κ3) is 5.84. The van der Waals surface area contributed by atoms with E-state index in [4.69, 9.17) is 9.47 Å². The average Bonchev–Trinajstić information content (AvgIpc) is 3.94. The summed E-state index contributed by atoms with van der Waals surface area (Å²) in [6.07, 6.45) is 4.88. The Morgan fingerprint density at radius 2 is 1.67 bits per heavy atom. The zero-order chi connectivity index (χ0) is 31.7. The van der Waals surface area contributed by atoms with Crippen molar-refractivity contribution < 1.29 is 17.9 Å². The number of hydrogen-bond acceptors (Lipinski definition) is 8. The molecule has 1 aliphatic carbocycles. The average molecular weight is 632 g/mol. The summed E-state index contributed by atoms with van der Waals surface area (Å²) in [5, 5.41) is 5.13. The first-order valence-electron chi connectivity index (χ1n) is 15.1. The van der Waals surface area contributed by atoms with Gasteiger partial charge in [-0.05, 0) is 72.0 Å². The minimum absolute atomic E-state index is 0.0246. The summed E-state index contributed by atoms with van der Waals surface area (Å²) in [6.45, 7) is 0.772. The minimum atomic E-state index is -3.78. The molecule has 4 aromatic carbocycles. The van der Waals surface area contributed by atoms with Gasteiger partial charge >= 0.3 is 0 Å². The number of pyridine rings is 1. The lowest BCUT2D eigenvalue weighted by atomic mass is 10.0. The van der Waals surface area contributed by atoms with Crippen molar-refractivity contribution in [2.45, 2.75) is 36.9 Å². The maximum absolute atomic E-state index is 14.1.